The zero-order chi connectivity index (χ0) is 13.2. The molecule has 18 heavy (non-hydrogen) atoms. The van der Waals surface area contributed by atoms with Crippen LogP contribution < -0.4 is 10.5 Å². The molecule has 1 aromatic rings. The monoisotopic (exact) mass is 270 g/mol. The molecule has 2 atom stereocenters. The predicted molar refractivity (Wildman–Crippen MR) is 69.6 cm³/mol. The van der Waals surface area contributed by atoms with Gasteiger partial charge in [0.25, 0.3) is 0 Å². The minimum atomic E-state index is -3.53. The van der Waals surface area contributed by atoms with Crippen LogP contribution >= 0.6 is 0 Å². The molecule has 0 aliphatic carbocycles. The zero-order valence-electron chi connectivity index (χ0n) is 10.3. The van der Waals surface area contributed by atoms with Gasteiger partial charge in [-0.25, -0.2) is 13.1 Å². The first kappa shape index (κ1) is 13.3. The molecule has 1 aliphatic heterocycles. The molecule has 0 radical (unpaired) electrons. The Bertz CT molecular complexity index is 510. The molecule has 1 heterocycles. The summed E-state index contributed by atoms with van der Waals surface area (Å²) in [6.45, 7) is 2.52. The molecule has 1 aromatic carbocycles. The lowest BCUT2D eigenvalue weighted by molar-refractivity contribution is 0.0902. The summed E-state index contributed by atoms with van der Waals surface area (Å²) >= 11 is 0. The molecule has 0 saturated carbocycles. The van der Waals surface area contributed by atoms with Crippen LogP contribution in [-0.4, -0.2) is 27.2 Å². The number of rotatable bonds is 4. The van der Waals surface area contributed by atoms with Gasteiger partial charge in [-0.1, -0.05) is 6.07 Å². The van der Waals surface area contributed by atoms with Crippen molar-refractivity contribution in [3.63, 3.8) is 0 Å². The number of nitrogen functional groups attached to an aromatic ring is 1. The largest absolute Gasteiger partial charge is 0.399 e. The molecule has 100 valence electrons. The fourth-order valence-electron chi connectivity index (χ4n) is 2.07. The summed E-state index contributed by atoms with van der Waals surface area (Å²) in [5.74, 6) is 0. The smallest absolute Gasteiger partial charge is 0.240 e. The van der Waals surface area contributed by atoms with Gasteiger partial charge in [-0.3, -0.25) is 0 Å². The summed E-state index contributed by atoms with van der Waals surface area (Å²) in [4.78, 5) is 0.187. The number of sulfonamides is 1. The molecule has 1 fully saturated rings. The Morgan fingerprint density at radius 3 is 2.89 bits per heavy atom. The van der Waals surface area contributed by atoms with Crippen LogP contribution in [-0.2, 0) is 14.8 Å². The highest BCUT2D eigenvalue weighted by molar-refractivity contribution is 7.89. The lowest BCUT2D eigenvalue weighted by Crippen LogP contribution is -2.40. The van der Waals surface area contributed by atoms with Crippen LogP contribution in [0, 0.1) is 0 Å². The van der Waals surface area contributed by atoms with E-state index in [0.29, 0.717) is 12.3 Å². The molecule has 3 N–H and O–H groups in total. The summed E-state index contributed by atoms with van der Waals surface area (Å²) in [5.41, 5.74) is 6.02. The van der Waals surface area contributed by atoms with E-state index in [1.807, 2.05) is 6.92 Å². The van der Waals surface area contributed by atoms with Crippen molar-refractivity contribution >= 4 is 15.7 Å². The second-order valence-corrected chi connectivity index (χ2v) is 6.25. The van der Waals surface area contributed by atoms with Gasteiger partial charge in [0, 0.05) is 18.3 Å². The van der Waals surface area contributed by atoms with Gasteiger partial charge in [0.05, 0.1) is 11.0 Å². The van der Waals surface area contributed by atoms with E-state index >= 15 is 0 Å². The maximum absolute atomic E-state index is 12.1. The first-order chi connectivity index (χ1) is 8.49. The summed E-state index contributed by atoms with van der Waals surface area (Å²) in [6, 6.07) is 6.02. The van der Waals surface area contributed by atoms with Crippen molar-refractivity contribution in [1.29, 1.82) is 0 Å². The van der Waals surface area contributed by atoms with Crippen molar-refractivity contribution in [2.45, 2.75) is 36.8 Å². The normalized spacial score (nSPS) is 21.9. The molecule has 5 nitrogen and oxygen atoms in total. The Balaban J connectivity index is 2.11. The second kappa shape index (κ2) is 5.26. The number of nitrogens with two attached hydrogens (primary N) is 1. The number of benzene rings is 1. The molecule has 2 rings (SSSR count). The van der Waals surface area contributed by atoms with Crippen LogP contribution in [0.5, 0.6) is 0 Å². The van der Waals surface area contributed by atoms with Gasteiger partial charge < -0.3 is 10.5 Å². The quantitative estimate of drug-likeness (QED) is 0.803. The molecule has 1 saturated heterocycles. The fraction of sp³-hybridized carbons (Fsp3) is 0.500. The first-order valence-electron chi connectivity index (χ1n) is 5.98. The Labute approximate surface area is 107 Å². The van der Waals surface area contributed by atoms with Gasteiger partial charge in [0.1, 0.15) is 0 Å². The molecule has 2 unspecified atom stereocenters. The van der Waals surface area contributed by atoms with Crippen molar-refractivity contribution in [1.82, 2.24) is 4.72 Å². The zero-order valence-corrected chi connectivity index (χ0v) is 11.1. The van der Waals surface area contributed by atoms with Crippen LogP contribution in [0.3, 0.4) is 0 Å². The SMILES string of the molecule is CC(NS(=O)(=O)c1cccc(N)c1)C1CCCO1. The summed E-state index contributed by atoms with van der Waals surface area (Å²) in [5, 5.41) is 0. The predicted octanol–water partition coefficient (Wildman–Crippen LogP) is 1.11. The average Bonchev–Trinajstić information content (AvgIpc) is 2.82. The van der Waals surface area contributed by atoms with Crippen LogP contribution in [0.15, 0.2) is 29.2 Å². The summed E-state index contributed by atoms with van der Waals surface area (Å²) in [6.07, 6.45) is 1.83. The number of hydrogen-bond donors (Lipinski definition) is 2. The van der Waals surface area contributed by atoms with Crippen LogP contribution in [0.25, 0.3) is 0 Å². The minimum Gasteiger partial charge on any atom is -0.399 e. The van der Waals surface area contributed by atoms with Crippen molar-refractivity contribution in [2.75, 3.05) is 12.3 Å². The molecular weight excluding hydrogens is 252 g/mol. The summed E-state index contributed by atoms with van der Waals surface area (Å²) < 4.78 is 32.4. The molecular formula is C12H18N2O3S. The minimum absolute atomic E-state index is 0.0409. The van der Waals surface area contributed by atoms with Crippen LogP contribution in [0.4, 0.5) is 5.69 Å². The maximum atomic E-state index is 12.1. The van der Waals surface area contributed by atoms with E-state index in [9.17, 15) is 8.42 Å². The third kappa shape index (κ3) is 3.01. The van der Waals surface area contributed by atoms with Gasteiger partial charge in [-0.05, 0) is 38.0 Å². The van der Waals surface area contributed by atoms with Crippen molar-refractivity contribution in [3.8, 4) is 0 Å². The Hall–Kier alpha value is -1.11. The van der Waals surface area contributed by atoms with E-state index in [2.05, 4.69) is 4.72 Å². The molecule has 0 spiro atoms. The highest BCUT2D eigenvalue weighted by Gasteiger charge is 2.26. The first-order valence-corrected chi connectivity index (χ1v) is 7.47. The summed E-state index contributed by atoms with van der Waals surface area (Å²) in [7, 11) is -3.53. The number of anilines is 1. The molecule has 0 aromatic heterocycles. The van der Waals surface area contributed by atoms with Crippen LogP contribution in [0.1, 0.15) is 19.8 Å². The topological polar surface area (TPSA) is 81.4 Å². The van der Waals surface area contributed by atoms with E-state index in [4.69, 9.17) is 10.5 Å². The highest BCUT2D eigenvalue weighted by Crippen LogP contribution is 2.18. The van der Waals surface area contributed by atoms with Gasteiger partial charge in [0.15, 0.2) is 0 Å². The standard InChI is InChI=1S/C12H18N2O3S/c1-9(12-6-3-7-17-12)14-18(15,16)11-5-2-4-10(13)8-11/h2,4-5,8-9,12,14H,3,6-7,13H2,1H3. The van der Waals surface area contributed by atoms with Gasteiger partial charge in [0.2, 0.25) is 10.0 Å². The Morgan fingerprint density at radius 1 is 1.50 bits per heavy atom. The maximum Gasteiger partial charge on any atom is 0.240 e. The number of ether oxygens (including phenoxy) is 1. The molecule has 0 amide bonds. The van der Waals surface area contributed by atoms with E-state index in [0.717, 1.165) is 12.8 Å². The van der Waals surface area contributed by atoms with Gasteiger partial charge >= 0.3 is 0 Å². The third-order valence-electron chi connectivity index (χ3n) is 3.03. The lowest BCUT2D eigenvalue weighted by atomic mass is 10.1. The highest BCUT2D eigenvalue weighted by atomic mass is 32.2. The van der Waals surface area contributed by atoms with E-state index in [1.165, 1.54) is 12.1 Å². The van der Waals surface area contributed by atoms with Crippen molar-refractivity contribution in [3.05, 3.63) is 24.3 Å². The van der Waals surface area contributed by atoms with E-state index in [1.54, 1.807) is 12.1 Å². The van der Waals surface area contributed by atoms with Gasteiger partial charge in [-0.2, -0.15) is 0 Å². The number of nitrogens with one attached hydrogen (secondary N) is 1. The molecule has 1 aliphatic rings. The molecule has 0 bridgehead atoms. The Kier molecular flexibility index (Phi) is 3.89. The fourth-order valence-corrected chi connectivity index (χ4v) is 3.39. The van der Waals surface area contributed by atoms with Crippen molar-refractivity contribution < 1.29 is 13.2 Å². The van der Waals surface area contributed by atoms with Gasteiger partial charge in [-0.15, -0.1) is 0 Å². The second-order valence-electron chi connectivity index (χ2n) is 4.53. The third-order valence-corrected chi connectivity index (χ3v) is 4.59. The molecule has 6 heteroatoms. The number of hydrogen-bond acceptors (Lipinski definition) is 4. The Morgan fingerprint density at radius 2 is 2.28 bits per heavy atom. The van der Waals surface area contributed by atoms with Crippen molar-refractivity contribution in [2.24, 2.45) is 0 Å². The average molecular weight is 270 g/mol. The lowest BCUT2D eigenvalue weighted by Gasteiger charge is -2.20. The van der Waals surface area contributed by atoms with E-state index in [-0.39, 0.29) is 17.0 Å². The van der Waals surface area contributed by atoms with E-state index < -0.39 is 10.0 Å². The van der Waals surface area contributed by atoms with Crippen LogP contribution in [0.2, 0.25) is 0 Å².